The highest BCUT2D eigenvalue weighted by molar-refractivity contribution is 5.92. The maximum atomic E-state index is 13.3. The fraction of sp³-hybridized carbons (Fsp3) is 0.545. The second-order valence-corrected chi connectivity index (χ2v) is 4.74. The average molecular weight is 317 g/mol. The molecule has 0 radical (unpaired) electrons. The molecule has 0 aromatic heterocycles. The molecule has 0 aliphatic carbocycles. The second-order valence-electron chi connectivity index (χ2n) is 4.74. The molecule has 11 heteroatoms. The lowest BCUT2D eigenvalue weighted by Crippen LogP contribution is -2.44. The summed E-state index contributed by atoms with van der Waals surface area (Å²) in [6.45, 7) is 2.65. The summed E-state index contributed by atoms with van der Waals surface area (Å²) in [4.78, 5) is 7.67. The van der Waals surface area contributed by atoms with Gasteiger partial charge < -0.3 is 25.6 Å². The van der Waals surface area contributed by atoms with Gasteiger partial charge in [-0.3, -0.25) is 0 Å². The van der Waals surface area contributed by atoms with E-state index in [9.17, 15) is 19.0 Å². The summed E-state index contributed by atoms with van der Waals surface area (Å²) in [5.74, 6) is -1.57. The van der Waals surface area contributed by atoms with Crippen molar-refractivity contribution in [1.82, 2.24) is 9.81 Å². The van der Waals surface area contributed by atoms with Crippen LogP contribution >= 0.6 is 0 Å². The summed E-state index contributed by atoms with van der Waals surface area (Å²) in [6.07, 6.45) is -3.60. The number of hydrogen-bond donors (Lipinski definition) is 4. The first-order chi connectivity index (χ1) is 10.4. The van der Waals surface area contributed by atoms with E-state index in [2.05, 4.69) is 21.6 Å². The van der Waals surface area contributed by atoms with Crippen LogP contribution in [-0.2, 0) is 4.74 Å². The van der Waals surface area contributed by atoms with Crippen LogP contribution in [0.15, 0.2) is 34.8 Å². The van der Waals surface area contributed by atoms with E-state index in [0.29, 0.717) is 0 Å². The standard InChI is InChI=1S/C11H15F2N6O3/c1-5-16-6(14)2-3-19(5)10-7(9(12)13)8(21)11(4-20,22-10)17-18-15/h2-3,7-10,15,20-21H,1,4H2,(H2,14,16)/q+1/t7-,8+,10-,11-/m1/s1. The van der Waals surface area contributed by atoms with Gasteiger partial charge in [0.2, 0.25) is 11.3 Å². The maximum absolute atomic E-state index is 13.3. The molecular formula is C11H15F2N6O3+. The Labute approximate surface area is 123 Å². The van der Waals surface area contributed by atoms with Crippen molar-refractivity contribution in [2.24, 2.45) is 21.8 Å². The van der Waals surface area contributed by atoms with Crippen molar-refractivity contribution in [3.63, 3.8) is 0 Å². The van der Waals surface area contributed by atoms with E-state index in [0.717, 1.165) is 4.90 Å². The smallest absolute Gasteiger partial charge is 0.293 e. The number of aliphatic imine (C=N–C) groups is 1. The number of hydrogen-bond acceptors (Lipinski definition) is 8. The quantitative estimate of drug-likeness (QED) is 0.408. The number of aliphatic hydroxyl groups is 2. The highest BCUT2D eigenvalue weighted by Gasteiger charge is 2.63. The normalized spacial score (nSPS) is 34.8. The van der Waals surface area contributed by atoms with Crippen molar-refractivity contribution in [3.8, 4) is 0 Å². The Bertz CT molecular complexity index is 576. The van der Waals surface area contributed by atoms with Crippen molar-refractivity contribution in [2.75, 3.05) is 6.61 Å². The van der Waals surface area contributed by atoms with Crippen LogP contribution in [0, 0.1) is 11.4 Å². The number of ether oxygens (including phenoxy) is 1. The molecule has 4 atom stereocenters. The van der Waals surface area contributed by atoms with E-state index >= 15 is 0 Å². The number of rotatable bonds is 4. The summed E-state index contributed by atoms with van der Waals surface area (Å²) in [6, 6.07) is 0. The Hall–Kier alpha value is -2.20. The lowest BCUT2D eigenvalue weighted by Gasteiger charge is -2.31. The summed E-state index contributed by atoms with van der Waals surface area (Å²) >= 11 is 0. The van der Waals surface area contributed by atoms with Gasteiger partial charge in [-0.1, -0.05) is 6.58 Å². The Morgan fingerprint density at radius 3 is 2.86 bits per heavy atom. The van der Waals surface area contributed by atoms with Gasteiger partial charge in [0.15, 0.2) is 5.11 Å². The third-order valence-corrected chi connectivity index (χ3v) is 3.45. The van der Waals surface area contributed by atoms with Gasteiger partial charge in [0.25, 0.3) is 5.72 Å². The Morgan fingerprint density at radius 1 is 1.68 bits per heavy atom. The maximum Gasteiger partial charge on any atom is 0.293 e. The van der Waals surface area contributed by atoms with Gasteiger partial charge in [-0.25, -0.2) is 13.8 Å². The van der Waals surface area contributed by atoms with E-state index in [1.54, 1.807) is 0 Å². The molecule has 1 fully saturated rings. The molecule has 1 saturated heterocycles. The van der Waals surface area contributed by atoms with Crippen molar-refractivity contribution in [2.45, 2.75) is 24.5 Å². The zero-order chi connectivity index (χ0) is 16.5. The van der Waals surface area contributed by atoms with Gasteiger partial charge in [-0.2, -0.15) is 0 Å². The third-order valence-electron chi connectivity index (χ3n) is 3.45. The molecular weight excluding hydrogens is 302 g/mol. The molecule has 0 saturated carbocycles. The fourth-order valence-corrected chi connectivity index (χ4v) is 2.37. The molecule has 2 aliphatic heterocycles. The summed E-state index contributed by atoms with van der Waals surface area (Å²) in [5.41, 5.74) is 10.1. The second kappa shape index (κ2) is 5.89. The van der Waals surface area contributed by atoms with Crippen molar-refractivity contribution >= 4 is 5.84 Å². The van der Waals surface area contributed by atoms with Crippen LogP contribution in [0.1, 0.15) is 0 Å². The number of alkyl halides is 2. The first-order valence-electron chi connectivity index (χ1n) is 6.19. The zero-order valence-corrected chi connectivity index (χ0v) is 11.3. The van der Waals surface area contributed by atoms with Gasteiger partial charge >= 0.3 is 0 Å². The summed E-state index contributed by atoms with van der Waals surface area (Å²) < 4.78 is 32.0. The molecule has 0 aromatic carbocycles. The Morgan fingerprint density at radius 2 is 2.36 bits per heavy atom. The first-order valence-corrected chi connectivity index (χ1v) is 6.19. The molecule has 120 valence electrons. The SMILES string of the molecule is C=C1N=C(N)C=CN1[C@@H]1O[C@@](CO)(N=[N+]=N)[C@@H](O)[C@@H]1C(F)F. The van der Waals surface area contributed by atoms with Crippen LogP contribution in [0.4, 0.5) is 8.78 Å². The van der Waals surface area contributed by atoms with E-state index in [4.69, 9.17) is 16.0 Å². The number of nitrogens with two attached hydrogens (primary N) is 1. The monoisotopic (exact) mass is 317 g/mol. The minimum Gasteiger partial charge on any atom is -0.391 e. The highest BCUT2D eigenvalue weighted by Crippen LogP contribution is 2.42. The molecule has 0 aromatic rings. The highest BCUT2D eigenvalue weighted by atomic mass is 19.3. The molecule has 2 rings (SSSR count). The predicted molar refractivity (Wildman–Crippen MR) is 69.2 cm³/mol. The van der Waals surface area contributed by atoms with Gasteiger partial charge in [0.1, 0.15) is 36.1 Å². The molecule has 0 unspecified atom stereocenters. The molecule has 9 nitrogen and oxygen atoms in total. The van der Waals surface area contributed by atoms with Gasteiger partial charge in [0, 0.05) is 6.20 Å². The minimum atomic E-state index is -2.99. The predicted octanol–water partition coefficient (Wildman–Crippen LogP) is -0.518. The van der Waals surface area contributed by atoms with Crippen molar-refractivity contribution < 1.29 is 23.7 Å². The number of nitrogens with one attached hydrogen (secondary N) is 1. The van der Waals surface area contributed by atoms with Crippen molar-refractivity contribution in [1.29, 1.82) is 5.53 Å². The minimum absolute atomic E-state index is 0.0272. The van der Waals surface area contributed by atoms with E-state index in [1.807, 2.05) is 0 Å². The Kier molecular flexibility index (Phi) is 4.33. The number of aliphatic hydroxyl groups excluding tert-OH is 2. The molecule has 22 heavy (non-hydrogen) atoms. The fourth-order valence-electron chi connectivity index (χ4n) is 2.37. The van der Waals surface area contributed by atoms with E-state index in [1.165, 1.54) is 12.3 Å². The van der Waals surface area contributed by atoms with Crippen LogP contribution in [0.5, 0.6) is 0 Å². The molecule has 2 aliphatic rings. The molecule has 2 heterocycles. The van der Waals surface area contributed by atoms with E-state index in [-0.39, 0.29) is 11.7 Å². The molecule has 0 amide bonds. The van der Waals surface area contributed by atoms with Crippen LogP contribution in [0.2, 0.25) is 0 Å². The number of nitrogens with zero attached hydrogens (tertiary/aromatic N) is 4. The summed E-state index contributed by atoms with van der Waals surface area (Å²) in [7, 11) is 0. The summed E-state index contributed by atoms with van der Waals surface area (Å²) in [5, 5.41) is 22.7. The first kappa shape index (κ1) is 16.2. The van der Waals surface area contributed by atoms with Crippen molar-refractivity contribution in [3.05, 3.63) is 24.7 Å². The molecule has 0 spiro atoms. The van der Waals surface area contributed by atoms with E-state index < -0.39 is 37.0 Å². The van der Waals surface area contributed by atoms with Gasteiger partial charge in [-0.05, 0) is 6.08 Å². The van der Waals surface area contributed by atoms with Crippen LogP contribution in [0.3, 0.4) is 0 Å². The molecule has 5 N–H and O–H groups in total. The van der Waals surface area contributed by atoms with Crippen LogP contribution in [-0.4, -0.2) is 52.0 Å². The van der Waals surface area contributed by atoms with Crippen LogP contribution in [0.25, 0.3) is 0 Å². The zero-order valence-electron chi connectivity index (χ0n) is 11.3. The van der Waals surface area contributed by atoms with Gasteiger partial charge in [0.05, 0.1) is 5.92 Å². The Balaban J connectivity index is 2.40. The van der Waals surface area contributed by atoms with Gasteiger partial charge in [-0.15, -0.1) is 0 Å². The van der Waals surface area contributed by atoms with Crippen LogP contribution < -0.4 is 10.6 Å². The average Bonchev–Trinajstić information content (AvgIpc) is 2.73. The largest absolute Gasteiger partial charge is 0.391 e. The third kappa shape index (κ3) is 2.50. The number of halogens is 2. The lowest BCUT2D eigenvalue weighted by atomic mass is 9.96. The topological polar surface area (TPSA) is 142 Å². The number of amidine groups is 1. The molecule has 0 bridgehead atoms. The lowest BCUT2D eigenvalue weighted by molar-refractivity contribution is -0.134.